The van der Waals surface area contributed by atoms with Gasteiger partial charge >= 0.3 is 0 Å². The van der Waals surface area contributed by atoms with E-state index < -0.39 is 0 Å². The van der Waals surface area contributed by atoms with Gasteiger partial charge in [0.1, 0.15) is 0 Å². The van der Waals surface area contributed by atoms with E-state index in [0.29, 0.717) is 0 Å². The molecule has 0 aliphatic carbocycles. The number of nitrogens with one attached hydrogen (secondary N) is 2. The highest BCUT2D eigenvalue weighted by Gasteiger charge is 2.02. The normalized spacial score (nSPS) is 11.1. The Kier molecular flexibility index (Phi) is 8.11. The van der Waals surface area contributed by atoms with E-state index in [1.807, 2.05) is 16.9 Å². The van der Waals surface area contributed by atoms with Crippen LogP contribution in [0.3, 0.4) is 0 Å². The third kappa shape index (κ3) is 6.14. The predicted octanol–water partition coefficient (Wildman–Crippen LogP) is 3.78. The van der Waals surface area contributed by atoms with Crippen molar-refractivity contribution in [2.45, 2.75) is 26.6 Å². The minimum atomic E-state index is 0. The van der Waals surface area contributed by atoms with Crippen molar-refractivity contribution in [2.24, 2.45) is 4.99 Å². The molecular formula is C19H24IN5S. The van der Waals surface area contributed by atoms with Crippen LogP contribution in [-0.4, -0.2) is 22.8 Å². The number of aromatic nitrogens is 2. The molecule has 2 aromatic heterocycles. The Balaban J connectivity index is 0.00000243. The maximum atomic E-state index is 4.29. The molecule has 0 amide bonds. The van der Waals surface area contributed by atoms with E-state index in [1.165, 1.54) is 20.9 Å². The molecule has 0 aliphatic rings. The number of rotatable bonds is 6. The lowest BCUT2D eigenvalue weighted by Crippen LogP contribution is -2.36. The molecular weight excluding hydrogens is 457 g/mol. The van der Waals surface area contributed by atoms with E-state index >= 15 is 0 Å². The van der Waals surface area contributed by atoms with Crippen molar-refractivity contribution in [1.29, 1.82) is 0 Å². The first-order chi connectivity index (χ1) is 12.2. The average Bonchev–Trinajstić information content (AvgIpc) is 3.27. The van der Waals surface area contributed by atoms with Crippen LogP contribution < -0.4 is 10.6 Å². The second kappa shape index (κ2) is 10.3. The standard InChI is InChI=1S/C19H23N5S.HI/c1-15-7-8-18(25-15)13-22-19(20-2)21-12-16-5-3-6-17(11-16)14-24-10-4-9-23-24;/h3-11H,12-14H2,1-2H3,(H2,20,21,22);1H. The number of halogens is 1. The van der Waals surface area contributed by atoms with Crippen LogP contribution in [0.15, 0.2) is 59.9 Å². The van der Waals surface area contributed by atoms with Crippen LogP contribution in [0.2, 0.25) is 0 Å². The van der Waals surface area contributed by atoms with Gasteiger partial charge in [-0.3, -0.25) is 9.67 Å². The SMILES string of the molecule is CN=C(NCc1cccc(Cn2cccn2)c1)NCc1ccc(C)s1.I. The number of guanidine groups is 1. The quantitative estimate of drug-likeness (QED) is 0.320. The highest BCUT2D eigenvalue weighted by molar-refractivity contribution is 14.0. The topological polar surface area (TPSA) is 54.2 Å². The Morgan fingerprint density at radius 2 is 1.92 bits per heavy atom. The zero-order chi connectivity index (χ0) is 17.5. The van der Waals surface area contributed by atoms with E-state index in [-0.39, 0.29) is 24.0 Å². The third-order valence-electron chi connectivity index (χ3n) is 3.80. The highest BCUT2D eigenvalue weighted by atomic mass is 127. The van der Waals surface area contributed by atoms with Crippen molar-refractivity contribution in [3.8, 4) is 0 Å². The number of aliphatic imine (C=N–C) groups is 1. The summed E-state index contributed by atoms with van der Waals surface area (Å²) in [6.07, 6.45) is 3.78. The van der Waals surface area contributed by atoms with E-state index in [9.17, 15) is 0 Å². The van der Waals surface area contributed by atoms with Gasteiger partial charge in [-0.25, -0.2) is 0 Å². The summed E-state index contributed by atoms with van der Waals surface area (Å²) in [6, 6.07) is 14.8. The monoisotopic (exact) mass is 481 g/mol. The molecule has 0 unspecified atom stereocenters. The molecule has 0 aliphatic heterocycles. The summed E-state index contributed by atoms with van der Waals surface area (Å²) in [5.41, 5.74) is 2.46. The van der Waals surface area contributed by atoms with Crippen molar-refractivity contribution in [1.82, 2.24) is 20.4 Å². The summed E-state index contributed by atoms with van der Waals surface area (Å²) in [6.45, 7) is 4.43. The van der Waals surface area contributed by atoms with Gasteiger partial charge in [0.2, 0.25) is 0 Å². The molecule has 2 N–H and O–H groups in total. The first-order valence-electron chi connectivity index (χ1n) is 8.28. The highest BCUT2D eigenvalue weighted by Crippen LogP contribution is 2.14. The van der Waals surface area contributed by atoms with Crippen LogP contribution in [0.1, 0.15) is 20.9 Å². The van der Waals surface area contributed by atoms with Crippen molar-refractivity contribution in [3.63, 3.8) is 0 Å². The molecule has 0 fully saturated rings. The molecule has 138 valence electrons. The summed E-state index contributed by atoms with van der Waals surface area (Å²) in [5.74, 6) is 0.809. The molecule has 26 heavy (non-hydrogen) atoms. The summed E-state index contributed by atoms with van der Waals surface area (Å²) < 4.78 is 1.93. The largest absolute Gasteiger partial charge is 0.352 e. The minimum absolute atomic E-state index is 0. The van der Waals surface area contributed by atoms with Crippen molar-refractivity contribution in [3.05, 3.63) is 75.7 Å². The first kappa shape index (κ1) is 20.4. The fraction of sp³-hybridized carbons (Fsp3) is 0.263. The van der Waals surface area contributed by atoms with Gasteiger partial charge in [-0.2, -0.15) is 5.10 Å². The lowest BCUT2D eigenvalue weighted by atomic mass is 10.1. The Morgan fingerprint density at radius 3 is 2.62 bits per heavy atom. The molecule has 3 rings (SSSR count). The van der Waals surface area contributed by atoms with Crippen LogP contribution >= 0.6 is 35.3 Å². The number of benzene rings is 1. The van der Waals surface area contributed by atoms with Gasteiger partial charge in [0.15, 0.2) is 5.96 Å². The summed E-state index contributed by atoms with van der Waals surface area (Å²) in [7, 11) is 1.79. The molecule has 0 saturated carbocycles. The van der Waals surface area contributed by atoms with Crippen molar-refractivity contribution < 1.29 is 0 Å². The summed E-state index contributed by atoms with van der Waals surface area (Å²) in [5, 5.41) is 11.0. The predicted molar refractivity (Wildman–Crippen MR) is 119 cm³/mol. The lowest BCUT2D eigenvalue weighted by Gasteiger charge is -2.12. The van der Waals surface area contributed by atoms with E-state index in [4.69, 9.17) is 0 Å². The van der Waals surface area contributed by atoms with Gasteiger partial charge in [-0.05, 0) is 36.2 Å². The molecule has 0 bridgehead atoms. The molecule has 0 saturated heterocycles. The Morgan fingerprint density at radius 1 is 1.12 bits per heavy atom. The zero-order valence-electron chi connectivity index (χ0n) is 15.0. The first-order valence-corrected chi connectivity index (χ1v) is 9.09. The minimum Gasteiger partial charge on any atom is -0.352 e. The number of hydrogen-bond acceptors (Lipinski definition) is 3. The van der Waals surface area contributed by atoms with Crippen LogP contribution in [0.5, 0.6) is 0 Å². The Hall–Kier alpha value is -1.87. The smallest absolute Gasteiger partial charge is 0.191 e. The molecule has 0 spiro atoms. The maximum Gasteiger partial charge on any atom is 0.191 e. The van der Waals surface area contributed by atoms with E-state index in [2.05, 4.69) is 64.0 Å². The molecule has 3 aromatic rings. The lowest BCUT2D eigenvalue weighted by molar-refractivity contribution is 0.685. The summed E-state index contributed by atoms with van der Waals surface area (Å²) >= 11 is 1.80. The Labute approximate surface area is 175 Å². The molecule has 2 heterocycles. The second-order valence-electron chi connectivity index (χ2n) is 5.82. The summed E-state index contributed by atoms with van der Waals surface area (Å²) in [4.78, 5) is 6.93. The fourth-order valence-electron chi connectivity index (χ4n) is 2.58. The van der Waals surface area contributed by atoms with Gasteiger partial charge in [-0.1, -0.05) is 24.3 Å². The van der Waals surface area contributed by atoms with Crippen LogP contribution in [0.4, 0.5) is 0 Å². The van der Waals surface area contributed by atoms with Gasteiger partial charge in [0.05, 0.1) is 13.1 Å². The molecule has 7 heteroatoms. The van der Waals surface area contributed by atoms with Gasteiger partial charge in [0.25, 0.3) is 0 Å². The van der Waals surface area contributed by atoms with Crippen molar-refractivity contribution in [2.75, 3.05) is 7.05 Å². The number of hydrogen-bond donors (Lipinski definition) is 2. The van der Waals surface area contributed by atoms with Gasteiger partial charge in [0, 0.05) is 35.7 Å². The van der Waals surface area contributed by atoms with Crippen molar-refractivity contribution >= 4 is 41.3 Å². The number of aryl methyl sites for hydroxylation is 1. The second-order valence-corrected chi connectivity index (χ2v) is 7.19. The van der Waals surface area contributed by atoms with Gasteiger partial charge in [-0.15, -0.1) is 35.3 Å². The molecule has 1 aromatic carbocycles. The van der Waals surface area contributed by atoms with Crippen LogP contribution in [0, 0.1) is 6.92 Å². The van der Waals surface area contributed by atoms with E-state index in [0.717, 1.165) is 25.6 Å². The van der Waals surface area contributed by atoms with Crippen LogP contribution in [-0.2, 0) is 19.6 Å². The van der Waals surface area contributed by atoms with Crippen LogP contribution in [0.25, 0.3) is 0 Å². The fourth-order valence-corrected chi connectivity index (χ4v) is 3.41. The van der Waals surface area contributed by atoms with E-state index in [1.54, 1.807) is 24.6 Å². The molecule has 0 atom stereocenters. The molecule has 0 radical (unpaired) electrons. The number of nitrogens with zero attached hydrogens (tertiary/aromatic N) is 3. The number of thiophene rings is 1. The average molecular weight is 481 g/mol. The third-order valence-corrected chi connectivity index (χ3v) is 4.81. The molecule has 5 nitrogen and oxygen atoms in total. The zero-order valence-corrected chi connectivity index (χ0v) is 18.1. The van der Waals surface area contributed by atoms with Gasteiger partial charge < -0.3 is 10.6 Å². The maximum absolute atomic E-state index is 4.29. The Bertz CT molecular complexity index is 826.